The van der Waals surface area contributed by atoms with Crippen molar-refractivity contribution in [3.05, 3.63) is 58.4 Å². The van der Waals surface area contributed by atoms with E-state index in [2.05, 4.69) is 4.90 Å². The summed E-state index contributed by atoms with van der Waals surface area (Å²) >= 11 is 6.06. The summed E-state index contributed by atoms with van der Waals surface area (Å²) in [7, 11) is 0. The van der Waals surface area contributed by atoms with Gasteiger partial charge in [-0.3, -0.25) is 9.69 Å². The molecule has 0 radical (unpaired) electrons. The van der Waals surface area contributed by atoms with Gasteiger partial charge in [0.15, 0.2) is 11.5 Å². The molecular formula is C21H24ClFN2O3. The molecule has 1 saturated heterocycles. The zero-order valence-electron chi connectivity index (χ0n) is 15.8. The minimum absolute atomic E-state index is 0.0113. The van der Waals surface area contributed by atoms with Crippen LogP contribution in [0.2, 0.25) is 5.02 Å². The van der Waals surface area contributed by atoms with Gasteiger partial charge in [0.05, 0.1) is 17.5 Å². The second kappa shape index (κ2) is 9.26. The summed E-state index contributed by atoms with van der Waals surface area (Å²) in [6.07, 6.45) is 0.790. The van der Waals surface area contributed by atoms with E-state index >= 15 is 0 Å². The molecule has 0 saturated carbocycles. The average molecular weight is 407 g/mol. The van der Waals surface area contributed by atoms with Gasteiger partial charge in [0.1, 0.15) is 12.4 Å². The number of carbonyl (C=O) groups excluding carboxylic acids is 1. The number of hydrogen-bond donors (Lipinski definition) is 1. The minimum Gasteiger partial charge on any atom is -0.490 e. The number of halogens is 2. The third kappa shape index (κ3) is 4.94. The van der Waals surface area contributed by atoms with Crippen LogP contribution < -0.4 is 15.2 Å². The Balaban J connectivity index is 1.70. The quantitative estimate of drug-likeness (QED) is 0.724. The zero-order chi connectivity index (χ0) is 20.1. The van der Waals surface area contributed by atoms with Crippen molar-refractivity contribution in [2.45, 2.75) is 26.5 Å². The molecule has 1 heterocycles. The van der Waals surface area contributed by atoms with E-state index in [1.54, 1.807) is 12.1 Å². The number of ether oxygens (including phenoxy) is 2. The highest BCUT2D eigenvalue weighted by Crippen LogP contribution is 2.31. The van der Waals surface area contributed by atoms with Gasteiger partial charge in [0.25, 0.3) is 0 Å². The third-order valence-corrected chi connectivity index (χ3v) is 5.18. The van der Waals surface area contributed by atoms with Crippen LogP contribution in [0, 0.1) is 11.7 Å². The molecule has 1 aliphatic heterocycles. The van der Waals surface area contributed by atoms with Crippen LogP contribution in [-0.4, -0.2) is 30.5 Å². The van der Waals surface area contributed by atoms with Crippen LogP contribution in [0.4, 0.5) is 4.39 Å². The SMILES string of the molecule is CCOc1cc(CN2CCC(C(N)=O)C2)ccc1OCc1c(F)cccc1Cl. The van der Waals surface area contributed by atoms with Gasteiger partial charge in [-0.2, -0.15) is 0 Å². The minimum atomic E-state index is -0.403. The highest BCUT2D eigenvalue weighted by molar-refractivity contribution is 6.31. The van der Waals surface area contributed by atoms with Gasteiger partial charge in [0.2, 0.25) is 5.91 Å². The van der Waals surface area contributed by atoms with Crippen molar-refractivity contribution < 1.29 is 18.7 Å². The number of benzene rings is 2. The van der Waals surface area contributed by atoms with Crippen molar-refractivity contribution in [1.29, 1.82) is 0 Å². The van der Waals surface area contributed by atoms with Gasteiger partial charge in [-0.15, -0.1) is 0 Å². The lowest BCUT2D eigenvalue weighted by Crippen LogP contribution is -2.27. The first-order valence-electron chi connectivity index (χ1n) is 9.31. The number of nitrogens with zero attached hydrogens (tertiary/aromatic N) is 1. The summed E-state index contributed by atoms with van der Waals surface area (Å²) < 4.78 is 25.4. The van der Waals surface area contributed by atoms with Crippen molar-refractivity contribution >= 4 is 17.5 Å². The van der Waals surface area contributed by atoms with Crippen molar-refractivity contribution in [2.75, 3.05) is 19.7 Å². The molecule has 1 amide bonds. The Morgan fingerprint density at radius 1 is 1.29 bits per heavy atom. The smallest absolute Gasteiger partial charge is 0.221 e. The Hall–Kier alpha value is -2.31. The molecule has 2 N–H and O–H groups in total. The average Bonchev–Trinajstić information content (AvgIpc) is 3.12. The lowest BCUT2D eigenvalue weighted by molar-refractivity contribution is -0.121. The third-order valence-electron chi connectivity index (χ3n) is 4.82. The first kappa shape index (κ1) is 20.4. The van der Waals surface area contributed by atoms with Gasteiger partial charge in [-0.1, -0.05) is 23.7 Å². The van der Waals surface area contributed by atoms with Crippen LogP contribution in [0.15, 0.2) is 36.4 Å². The molecule has 3 rings (SSSR count). The predicted octanol–water partition coefficient (Wildman–Crippen LogP) is 3.76. The van der Waals surface area contributed by atoms with Gasteiger partial charge in [0, 0.05) is 18.7 Å². The van der Waals surface area contributed by atoms with E-state index in [1.807, 2.05) is 25.1 Å². The largest absolute Gasteiger partial charge is 0.490 e. The lowest BCUT2D eigenvalue weighted by Gasteiger charge is -2.18. The maximum Gasteiger partial charge on any atom is 0.221 e. The molecule has 0 aliphatic carbocycles. The number of hydrogen-bond acceptors (Lipinski definition) is 4. The molecule has 28 heavy (non-hydrogen) atoms. The number of rotatable bonds is 8. The van der Waals surface area contributed by atoms with Gasteiger partial charge in [-0.05, 0) is 49.7 Å². The van der Waals surface area contributed by atoms with E-state index in [0.29, 0.717) is 41.8 Å². The van der Waals surface area contributed by atoms with E-state index < -0.39 is 5.82 Å². The molecule has 1 fully saturated rings. The van der Waals surface area contributed by atoms with E-state index in [0.717, 1.165) is 18.5 Å². The van der Waals surface area contributed by atoms with Crippen molar-refractivity contribution in [1.82, 2.24) is 4.90 Å². The first-order valence-corrected chi connectivity index (χ1v) is 9.68. The van der Waals surface area contributed by atoms with Crippen molar-refractivity contribution in [3.63, 3.8) is 0 Å². The van der Waals surface area contributed by atoms with Crippen LogP contribution >= 0.6 is 11.6 Å². The highest BCUT2D eigenvalue weighted by atomic mass is 35.5. The van der Waals surface area contributed by atoms with Crippen LogP contribution in [0.5, 0.6) is 11.5 Å². The van der Waals surface area contributed by atoms with Crippen LogP contribution in [0.25, 0.3) is 0 Å². The van der Waals surface area contributed by atoms with Gasteiger partial charge < -0.3 is 15.2 Å². The predicted molar refractivity (Wildman–Crippen MR) is 106 cm³/mol. The Kier molecular flexibility index (Phi) is 6.75. The maximum atomic E-state index is 13.9. The molecular weight excluding hydrogens is 383 g/mol. The van der Waals surface area contributed by atoms with Crippen LogP contribution in [0.1, 0.15) is 24.5 Å². The summed E-state index contributed by atoms with van der Waals surface area (Å²) in [5.74, 6) is 0.395. The molecule has 1 unspecified atom stereocenters. The topological polar surface area (TPSA) is 64.8 Å². The summed E-state index contributed by atoms with van der Waals surface area (Å²) in [4.78, 5) is 13.5. The van der Waals surface area contributed by atoms with E-state index in [4.69, 9.17) is 26.8 Å². The number of nitrogens with two attached hydrogens (primary N) is 1. The molecule has 150 valence electrons. The highest BCUT2D eigenvalue weighted by Gasteiger charge is 2.26. The summed E-state index contributed by atoms with van der Waals surface area (Å²) in [5.41, 5.74) is 6.76. The van der Waals surface area contributed by atoms with Crippen molar-refractivity contribution in [2.24, 2.45) is 11.7 Å². The molecule has 0 bridgehead atoms. The molecule has 2 aromatic carbocycles. The molecule has 0 spiro atoms. The summed E-state index contributed by atoms with van der Waals surface area (Å²) in [6, 6.07) is 10.2. The number of amides is 1. The van der Waals surface area contributed by atoms with Crippen molar-refractivity contribution in [3.8, 4) is 11.5 Å². The Bertz CT molecular complexity index is 826. The first-order chi connectivity index (χ1) is 13.5. The molecule has 7 heteroatoms. The molecule has 1 aliphatic rings. The fourth-order valence-corrected chi connectivity index (χ4v) is 3.54. The Morgan fingerprint density at radius 2 is 2.11 bits per heavy atom. The Morgan fingerprint density at radius 3 is 2.79 bits per heavy atom. The van der Waals surface area contributed by atoms with Crippen LogP contribution in [-0.2, 0) is 17.9 Å². The molecule has 0 aromatic heterocycles. The maximum absolute atomic E-state index is 13.9. The zero-order valence-corrected chi connectivity index (χ0v) is 16.5. The van der Waals surface area contributed by atoms with Gasteiger partial charge >= 0.3 is 0 Å². The summed E-state index contributed by atoms with van der Waals surface area (Å²) in [6.45, 7) is 4.58. The standard InChI is InChI=1S/C21H24ClFN2O3/c1-2-27-20-10-14(11-25-9-8-15(12-25)21(24)26)6-7-19(20)28-13-16-17(22)4-3-5-18(16)23/h3-7,10,15H,2,8-9,11-13H2,1H3,(H2,24,26). The molecule has 2 aromatic rings. The second-order valence-corrected chi connectivity index (χ2v) is 7.23. The van der Waals surface area contributed by atoms with E-state index in [9.17, 15) is 9.18 Å². The van der Waals surface area contributed by atoms with E-state index in [-0.39, 0.29) is 18.4 Å². The van der Waals surface area contributed by atoms with Crippen LogP contribution in [0.3, 0.4) is 0 Å². The normalized spacial score (nSPS) is 16.9. The summed E-state index contributed by atoms with van der Waals surface area (Å²) in [5, 5.41) is 0.326. The molecule has 5 nitrogen and oxygen atoms in total. The number of likely N-dealkylation sites (tertiary alicyclic amines) is 1. The molecule has 1 atom stereocenters. The van der Waals surface area contributed by atoms with Gasteiger partial charge in [-0.25, -0.2) is 4.39 Å². The number of primary amides is 1. The number of carbonyl (C=O) groups is 1. The second-order valence-electron chi connectivity index (χ2n) is 6.83. The lowest BCUT2D eigenvalue weighted by atomic mass is 10.1. The fraction of sp³-hybridized carbons (Fsp3) is 0.381. The Labute approximate surface area is 169 Å². The monoisotopic (exact) mass is 406 g/mol. The van der Waals surface area contributed by atoms with E-state index in [1.165, 1.54) is 6.07 Å². The fourth-order valence-electron chi connectivity index (χ4n) is 3.33.